The standard InChI is InChI=1S/C15H19N3O/c1-12-4-2-7-18-10-14(16-15(12)18)9-17-6-3-5-13(8-17)11-19/h2,4,7,10-11,13H,3,5-6,8-9H2,1H3. The van der Waals surface area contributed by atoms with Gasteiger partial charge in [-0.1, -0.05) is 6.07 Å². The molecular formula is C15H19N3O. The molecule has 2 aromatic heterocycles. The lowest BCUT2D eigenvalue weighted by atomic mass is 10.00. The van der Waals surface area contributed by atoms with Gasteiger partial charge in [0.2, 0.25) is 0 Å². The summed E-state index contributed by atoms with van der Waals surface area (Å²) < 4.78 is 2.08. The monoisotopic (exact) mass is 257 g/mol. The minimum absolute atomic E-state index is 0.201. The maximum atomic E-state index is 10.9. The van der Waals surface area contributed by atoms with E-state index >= 15 is 0 Å². The first-order valence-corrected chi connectivity index (χ1v) is 6.87. The summed E-state index contributed by atoms with van der Waals surface area (Å²) in [5.41, 5.74) is 3.31. The van der Waals surface area contributed by atoms with E-state index in [0.29, 0.717) is 0 Å². The highest BCUT2D eigenvalue weighted by Crippen LogP contribution is 2.17. The lowest BCUT2D eigenvalue weighted by Gasteiger charge is -2.29. The van der Waals surface area contributed by atoms with Crippen LogP contribution in [0.2, 0.25) is 0 Å². The zero-order valence-electron chi connectivity index (χ0n) is 11.2. The third-order valence-corrected chi connectivity index (χ3v) is 3.85. The Morgan fingerprint density at radius 1 is 1.53 bits per heavy atom. The molecule has 3 rings (SSSR count). The number of nitrogens with zero attached hydrogens (tertiary/aromatic N) is 3. The number of pyridine rings is 1. The molecule has 0 amide bonds. The number of imidazole rings is 1. The van der Waals surface area contributed by atoms with E-state index < -0.39 is 0 Å². The maximum absolute atomic E-state index is 10.9. The molecule has 1 fully saturated rings. The zero-order valence-corrected chi connectivity index (χ0v) is 11.2. The summed E-state index contributed by atoms with van der Waals surface area (Å²) in [6.07, 6.45) is 7.36. The quantitative estimate of drug-likeness (QED) is 0.790. The highest BCUT2D eigenvalue weighted by Gasteiger charge is 2.20. The molecule has 0 aromatic carbocycles. The summed E-state index contributed by atoms with van der Waals surface area (Å²) in [5, 5.41) is 0. The van der Waals surface area contributed by atoms with Crippen LogP contribution in [-0.4, -0.2) is 33.7 Å². The molecule has 19 heavy (non-hydrogen) atoms. The van der Waals surface area contributed by atoms with E-state index in [1.165, 1.54) is 5.56 Å². The molecule has 0 radical (unpaired) electrons. The van der Waals surface area contributed by atoms with Gasteiger partial charge in [-0.25, -0.2) is 4.98 Å². The number of fused-ring (bicyclic) bond motifs is 1. The molecule has 1 aliphatic rings. The zero-order chi connectivity index (χ0) is 13.2. The van der Waals surface area contributed by atoms with Crippen LogP contribution in [0.25, 0.3) is 5.65 Å². The number of rotatable bonds is 3. The van der Waals surface area contributed by atoms with E-state index in [0.717, 1.165) is 50.1 Å². The van der Waals surface area contributed by atoms with Gasteiger partial charge < -0.3 is 9.20 Å². The summed E-state index contributed by atoms with van der Waals surface area (Å²) in [5.74, 6) is 0.201. The van der Waals surface area contributed by atoms with E-state index in [-0.39, 0.29) is 5.92 Å². The molecule has 1 aliphatic heterocycles. The molecule has 0 spiro atoms. The first-order valence-electron chi connectivity index (χ1n) is 6.87. The van der Waals surface area contributed by atoms with Gasteiger partial charge in [-0.2, -0.15) is 0 Å². The van der Waals surface area contributed by atoms with Crippen LogP contribution in [0, 0.1) is 12.8 Å². The SMILES string of the molecule is Cc1cccn2cc(CN3CCCC(C=O)C3)nc12. The predicted octanol–water partition coefficient (Wildman–Crippen LogP) is 2.05. The van der Waals surface area contributed by atoms with E-state index in [4.69, 9.17) is 4.98 Å². The van der Waals surface area contributed by atoms with Gasteiger partial charge in [0, 0.05) is 31.4 Å². The summed E-state index contributed by atoms with van der Waals surface area (Å²) in [6, 6.07) is 4.12. The van der Waals surface area contributed by atoms with Crippen LogP contribution in [0.3, 0.4) is 0 Å². The van der Waals surface area contributed by atoms with E-state index in [1.54, 1.807) is 0 Å². The lowest BCUT2D eigenvalue weighted by molar-refractivity contribution is -0.112. The van der Waals surface area contributed by atoms with Crippen molar-refractivity contribution in [2.75, 3.05) is 13.1 Å². The normalized spacial score (nSPS) is 20.8. The van der Waals surface area contributed by atoms with Crippen LogP contribution in [0.4, 0.5) is 0 Å². The molecule has 3 heterocycles. The molecule has 1 saturated heterocycles. The smallest absolute Gasteiger partial charge is 0.139 e. The Hall–Kier alpha value is -1.68. The Balaban J connectivity index is 1.77. The Morgan fingerprint density at radius 2 is 2.42 bits per heavy atom. The van der Waals surface area contributed by atoms with Crippen LogP contribution >= 0.6 is 0 Å². The Kier molecular flexibility index (Phi) is 3.34. The van der Waals surface area contributed by atoms with Crippen LogP contribution in [0.5, 0.6) is 0 Å². The molecule has 0 N–H and O–H groups in total. The third-order valence-electron chi connectivity index (χ3n) is 3.85. The number of aryl methyl sites for hydroxylation is 1. The number of hydrogen-bond donors (Lipinski definition) is 0. The van der Waals surface area contributed by atoms with Gasteiger partial charge in [-0.05, 0) is 37.9 Å². The van der Waals surface area contributed by atoms with Crippen LogP contribution < -0.4 is 0 Å². The first-order chi connectivity index (χ1) is 9.26. The number of hydrogen-bond acceptors (Lipinski definition) is 3. The molecule has 4 nitrogen and oxygen atoms in total. The van der Waals surface area contributed by atoms with Gasteiger partial charge in [0.15, 0.2) is 0 Å². The van der Waals surface area contributed by atoms with Gasteiger partial charge in [0.25, 0.3) is 0 Å². The molecule has 0 aliphatic carbocycles. The van der Waals surface area contributed by atoms with Gasteiger partial charge >= 0.3 is 0 Å². The highest BCUT2D eigenvalue weighted by atomic mass is 16.1. The molecule has 1 atom stereocenters. The van der Waals surface area contributed by atoms with Gasteiger partial charge in [0.1, 0.15) is 11.9 Å². The fraction of sp³-hybridized carbons (Fsp3) is 0.467. The predicted molar refractivity (Wildman–Crippen MR) is 74.0 cm³/mol. The number of carbonyl (C=O) groups is 1. The average Bonchev–Trinajstić information content (AvgIpc) is 2.83. The van der Waals surface area contributed by atoms with Crippen molar-refractivity contribution in [2.24, 2.45) is 5.92 Å². The Bertz CT molecular complexity index is 590. The van der Waals surface area contributed by atoms with Gasteiger partial charge in [-0.15, -0.1) is 0 Å². The molecular weight excluding hydrogens is 238 g/mol. The molecule has 4 heteroatoms. The van der Waals surface area contributed by atoms with Crippen molar-refractivity contribution >= 4 is 11.9 Å². The van der Waals surface area contributed by atoms with Crippen molar-refractivity contribution in [1.29, 1.82) is 0 Å². The number of aldehydes is 1. The van der Waals surface area contributed by atoms with E-state index in [9.17, 15) is 4.79 Å². The van der Waals surface area contributed by atoms with Crippen molar-refractivity contribution < 1.29 is 4.79 Å². The second-order valence-corrected chi connectivity index (χ2v) is 5.43. The second kappa shape index (κ2) is 5.13. The largest absolute Gasteiger partial charge is 0.307 e. The average molecular weight is 257 g/mol. The highest BCUT2D eigenvalue weighted by molar-refractivity contribution is 5.54. The Labute approximate surface area is 113 Å². The summed E-state index contributed by atoms with van der Waals surface area (Å²) in [7, 11) is 0. The number of likely N-dealkylation sites (tertiary alicyclic amines) is 1. The van der Waals surface area contributed by atoms with Crippen molar-refractivity contribution in [1.82, 2.24) is 14.3 Å². The molecule has 2 aromatic rings. The van der Waals surface area contributed by atoms with E-state index in [2.05, 4.69) is 28.5 Å². The second-order valence-electron chi connectivity index (χ2n) is 5.43. The number of aromatic nitrogens is 2. The minimum Gasteiger partial charge on any atom is -0.307 e. The number of piperidine rings is 1. The first kappa shape index (κ1) is 12.4. The fourth-order valence-electron chi connectivity index (χ4n) is 2.86. The molecule has 0 saturated carbocycles. The molecule has 0 bridgehead atoms. The topological polar surface area (TPSA) is 37.6 Å². The molecule has 100 valence electrons. The third kappa shape index (κ3) is 2.54. The lowest BCUT2D eigenvalue weighted by Crippen LogP contribution is -2.35. The molecule has 1 unspecified atom stereocenters. The van der Waals surface area contributed by atoms with Gasteiger partial charge in [-0.3, -0.25) is 4.90 Å². The van der Waals surface area contributed by atoms with Crippen molar-refractivity contribution in [2.45, 2.75) is 26.3 Å². The summed E-state index contributed by atoms with van der Waals surface area (Å²) in [4.78, 5) is 17.9. The van der Waals surface area contributed by atoms with Crippen LogP contribution in [-0.2, 0) is 11.3 Å². The number of carbonyl (C=O) groups excluding carboxylic acids is 1. The fourth-order valence-corrected chi connectivity index (χ4v) is 2.86. The van der Waals surface area contributed by atoms with Crippen molar-refractivity contribution in [3.05, 3.63) is 35.8 Å². The van der Waals surface area contributed by atoms with Gasteiger partial charge in [0.05, 0.1) is 5.69 Å². The van der Waals surface area contributed by atoms with E-state index in [1.807, 2.05) is 12.3 Å². The Morgan fingerprint density at radius 3 is 3.21 bits per heavy atom. The van der Waals surface area contributed by atoms with Crippen molar-refractivity contribution in [3.8, 4) is 0 Å². The minimum atomic E-state index is 0.201. The maximum Gasteiger partial charge on any atom is 0.139 e. The summed E-state index contributed by atoms with van der Waals surface area (Å²) in [6.45, 7) is 4.86. The van der Waals surface area contributed by atoms with Crippen molar-refractivity contribution in [3.63, 3.8) is 0 Å². The van der Waals surface area contributed by atoms with Crippen LogP contribution in [0.15, 0.2) is 24.5 Å². The summed E-state index contributed by atoms with van der Waals surface area (Å²) >= 11 is 0. The van der Waals surface area contributed by atoms with Crippen LogP contribution in [0.1, 0.15) is 24.1 Å².